The molecule has 0 saturated carbocycles. The van der Waals surface area contributed by atoms with Crippen molar-refractivity contribution >= 4 is 29.2 Å². The van der Waals surface area contributed by atoms with E-state index in [1.165, 1.54) is 0 Å². The highest BCUT2D eigenvalue weighted by Crippen LogP contribution is 2.31. The van der Waals surface area contributed by atoms with Gasteiger partial charge in [-0.3, -0.25) is 14.5 Å². The fourth-order valence-electron chi connectivity index (χ4n) is 4.06. The lowest BCUT2D eigenvalue weighted by Gasteiger charge is -2.23. The first-order valence-electron chi connectivity index (χ1n) is 13.4. The summed E-state index contributed by atoms with van der Waals surface area (Å²) in [5.74, 6) is -0.532. The Kier molecular flexibility index (Phi) is 10.7. The molecule has 7 heteroatoms. The van der Waals surface area contributed by atoms with E-state index in [0.717, 1.165) is 17.5 Å². The van der Waals surface area contributed by atoms with Crippen molar-refractivity contribution in [3.05, 3.63) is 89.5 Å². The van der Waals surface area contributed by atoms with Gasteiger partial charge in [0.15, 0.2) is 5.78 Å². The number of rotatable bonds is 12. The Morgan fingerprint density at radius 1 is 0.897 bits per heavy atom. The third-order valence-electron chi connectivity index (χ3n) is 6.28. The van der Waals surface area contributed by atoms with E-state index >= 15 is 0 Å². The molecule has 0 aromatic heterocycles. The molecule has 0 saturated heterocycles. The molecule has 0 radical (unpaired) electrons. The minimum absolute atomic E-state index is 0.131. The predicted molar refractivity (Wildman–Crippen MR) is 155 cm³/mol. The lowest BCUT2D eigenvalue weighted by molar-refractivity contribution is -0.118. The van der Waals surface area contributed by atoms with Gasteiger partial charge in [-0.15, -0.1) is 0 Å². The second-order valence-corrected chi connectivity index (χ2v) is 9.66. The van der Waals surface area contributed by atoms with Gasteiger partial charge in [-0.2, -0.15) is 0 Å². The van der Waals surface area contributed by atoms with Crippen molar-refractivity contribution in [3.63, 3.8) is 0 Å². The topological polar surface area (TPSA) is 84.9 Å². The molecule has 3 aromatic carbocycles. The number of hydrogen-bond donors (Lipinski definition) is 1. The summed E-state index contributed by atoms with van der Waals surface area (Å²) >= 11 is 0. The van der Waals surface area contributed by atoms with Gasteiger partial charge in [-0.05, 0) is 54.8 Å². The summed E-state index contributed by atoms with van der Waals surface area (Å²) < 4.78 is 11.3. The molecular weight excluding hydrogens is 492 g/mol. The summed E-state index contributed by atoms with van der Waals surface area (Å²) in [5.41, 5.74) is 3.26. The quantitative estimate of drug-likeness (QED) is 0.250. The molecule has 0 aliphatic rings. The maximum atomic E-state index is 13.7. The average Bonchev–Trinajstić information content (AvgIpc) is 2.95. The van der Waals surface area contributed by atoms with E-state index in [0.29, 0.717) is 35.8 Å². The Hall–Kier alpha value is -4.13. The van der Waals surface area contributed by atoms with Gasteiger partial charge < -0.3 is 14.8 Å². The summed E-state index contributed by atoms with van der Waals surface area (Å²) in [4.78, 5) is 40.6. The third-order valence-corrected chi connectivity index (χ3v) is 6.28. The molecule has 206 valence electrons. The van der Waals surface area contributed by atoms with Gasteiger partial charge in [0.2, 0.25) is 5.91 Å². The van der Waals surface area contributed by atoms with E-state index in [1.807, 2.05) is 89.2 Å². The van der Waals surface area contributed by atoms with Crippen molar-refractivity contribution in [2.45, 2.75) is 53.6 Å². The van der Waals surface area contributed by atoms with Crippen LogP contribution in [0, 0.1) is 5.92 Å². The van der Waals surface area contributed by atoms with Crippen LogP contribution >= 0.6 is 0 Å². The molecule has 1 N–H and O–H groups in total. The minimum Gasteiger partial charge on any atom is -0.493 e. The van der Waals surface area contributed by atoms with Crippen LogP contribution in [0.4, 0.5) is 16.2 Å². The zero-order valence-corrected chi connectivity index (χ0v) is 23.4. The predicted octanol–water partition coefficient (Wildman–Crippen LogP) is 7.22. The Morgan fingerprint density at radius 2 is 1.64 bits per heavy atom. The molecule has 3 aromatic rings. The molecule has 2 amide bonds. The van der Waals surface area contributed by atoms with Gasteiger partial charge in [0.05, 0.1) is 12.2 Å². The van der Waals surface area contributed by atoms with E-state index in [2.05, 4.69) is 5.32 Å². The zero-order chi connectivity index (χ0) is 28.4. The molecule has 7 nitrogen and oxygen atoms in total. The number of ether oxygens (including phenoxy) is 2. The van der Waals surface area contributed by atoms with Crippen LogP contribution in [0.3, 0.4) is 0 Å². The summed E-state index contributed by atoms with van der Waals surface area (Å²) in [6, 6.07) is 22.0. The second-order valence-electron chi connectivity index (χ2n) is 9.66. The van der Waals surface area contributed by atoms with Crippen LogP contribution < -0.4 is 15.0 Å². The van der Waals surface area contributed by atoms with Gasteiger partial charge in [-0.1, -0.05) is 70.2 Å². The fraction of sp³-hybridized carbons (Fsp3) is 0.344. The summed E-state index contributed by atoms with van der Waals surface area (Å²) in [6.45, 7) is 10.4. The maximum Gasteiger partial charge on any atom is 0.414 e. The Morgan fingerprint density at radius 3 is 2.31 bits per heavy atom. The molecule has 0 spiro atoms. The molecule has 1 atom stereocenters. The number of nitrogens with zero attached hydrogens (tertiary/aromatic N) is 1. The number of nitrogens with one attached hydrogen (secondary N) is 1. The molecule has 39 heavy (non-hydrogen) atoms. The first-order chi connectivity index (χ1) is 18.7. The molecular formula is C32H38N2O5. The van der Waals surface area contributed by atoms with E-state index in [9.17, 15) is 14.4 Å². The summed E-state index contributed by atoms with van der Waals surface area (Å²) in [6.07, 6.45) is 0.301. The van der Waals surface area contributed by atoms with Crippen molar-refractivity contribution in [1.82, 2.24) is 0 Å². The van der Waals surface area contributed by atoms with Crippen molar-refractivity contribution in [2.75, 3.05) is 23.4 Å². The van der Waals surface area contributed by atoms with Crippen molar-refractivity contribution in [2.24, 2.45) is 5.92 Å². The van der Waals surface area contributed by atoms with Gasteiger partial charge in [0.25, 0.3) is 0 Å². The van der Waals surface area contributed by atoms with Crippen LogP contribution in [-0.2, 0) is 16.1 Å². The number of benzene rings is 3. The number of hydrogen-bond acceptors (Lipinski definition) is 5. The SMILES string of the molecule is CCCN(C(=O)OCc1ccccc1)c1cccc(C(C)C(=O)c2cc(NC(=O)C(C)C)ccc2OCC)c1. The number of carbonyl (C=O) groups excluding carboxylic acids is 3. The summed E-state index contributed by atoms with van der Waals surface area (Å²) in [7, 11) is 0. The third kappa shape index (κ3) is 7.93. The van der Waals surface area contributed by atoms with Crippen molar-refractivity contribution < 1.29 is 23.9 Å². The van der Waals surface area contributed by atoms with E-state index in [-0.39, 0.29) is 24.2 Å². The highest BCUT2D eigenvalue weighted by molar-refractivity contribution is 6.04. The zero-order valence-electron chi connectivity index (χ0n) is 23.4. The maximum absolute atomic E-state index is 13.7. The van der Waals surface area contributed by atoms with Crippen LogP contribution in [0.1, 0.15) is 68.4 Å². The number of amides is 2. The van der Waals surface area contributed by atoms with Crippen LogP contribution in [0.15, 0.2) is 72.8 Å². The largest absolute Gasteiger partial charge is 0.493 e. The van der Waals surface area contributed by atoms with E-state index < -0.39 is 12.0 Å². The van der Waals surface area contributed by atoms with Gasteiger partial charge in [0.1, 0.15) is 12.4 Å². The van der Waals surface area contributed by atoms with Crippen LogP contribution in [0.25, 0.3) is 0 Å². The lowest BCUT2D eigenvalue weighted by atomic mass is 9.91. The number of ketones is 1. The van der Waals surface area contributed by atoms with E-state index in [1.54, 1.807) is 23.1 Å². The second kappa shape index (κ2) is 14.1. The molecule has 0 fully saturated rings. The smallest absolute Gasteiger partial charge is 0.414 e. The first-order valence-corrected chi connectivity index (χ1v) is 13.4. The van der Waals surface area contributed by atoms with Crippen LogP contribution in [-0.4, -0.2) is 30.9 Å². The number of Topliss-reactive ketones (excluding diaryl/α,β-unsaturated/α-hetero) is 1. The van der Waals surface area contributed by atoms with Crippen molar-refractivity contribution in [1.29, 1.82) is 0 Å². The Balaban J connectivity index is 1.85. The highest BCUT2D eigenvalue weighted by atomic mass is 16.6. The number of anilines is 2. The standard InChI is InChI=1S/C32H38N2O5/c1-6-18-34(32(37)39-21-24-12-9-8-10-13-24)27-15-11-14-25(19-27)23(5)30(35)28-20-26(33-31(36)22(3)4)16-17-29(28)38-7-2/h8-17,19-20,22-23H,6-7,18,21H2,1-5H3,(H,33,36). The number of carbonyl (C=O) groups is 3. The monoisotopic (exact) mass is 530 g/mol. The Labute approximate surface area is 231 Å². The van der Waals surface area contributed by atoms with Crippen molar-refractivity contribution in [3.8, 4) is 5.75 Å². The first kappa shape index (κ1) is 29.4. The average molecular weight is 531 g/mol. The van der Waals surface area contributed by atoms with Crippen LogP contribution in [0.2, 0.25) is 0 Å². The molecule has 1 unspecified atom stereocenters. The van der Waals surface area contributed by atoms with E-state index in [4.69, 9.17) is 9.47 Å². The molecule has 0 aliphatic carbocycles. The fourth-order valence-corrected chi connectivity index (χ4v) is 4.06. The molecule has 0 bridgehead atoms. The van der Waals surface area contributed by atoms with Crippen LogP contribution in [0.5, 0.6) is 5.75 Å². The van der Waals surface area contributed by atoms with Gasteiger partial charge >= 0.3 is 6.09 Å². The lowest BCUT2D eigenvalue weighted by Crippen LogP contribution is -2.32. The minimum atomic E-state index is -0.524. The highest BCUT2D eigenvalue weighted by Gasteiger charge is 2.24. The van der Waals surface area contributed by atoms with Gasteiger partial charge in [0, 0.05) is 29.8 Å². The summed E-state index contributed by atoms with van der Waals surface area (Å²) in [5, 5.41) is 2.85. The normalized spacial score (nSPS) is 11.5. The molecule has 3 rings (SSSR count). The van der Waals surface area contributed by atoms with Gasteiger partial charge in [-0.25, -0.2) is 4.79 Å². The molecule has 0 heterocycles. The Bertz CT molecular complexity index is 1270. The molecule has 0 aliphatic heterocycles.